The van der Waals surface area contributed by atoms with Crippen LogP contribution in [0.3, 0.4) is 0 Å². The van der Waals surface area contributed by atoms with Gasteiger partial charge in [-0.05, 0) is 53.5 Å². The van der Waals surface area contributed by atoms with Crippen LogP contribution < -0.4 is 10.6 Å². The maximum absolute atomic E-state index is 12.3. The lowest BCUT2D eigenvalue weighted by molar-refractivity contribution is -0.111. The quantitative estimate of drug-likeness (QED) is 0.371. The van der Waals surface area contributed by atoms with Gasteiger partial charge < -0.3 is 9.73 Å². The number of furan rings is 1. The largest absolute Gasteiger partial charge is 0.459 e. The molecule has 0 aliphatic heterocycles. The van der Waals surface area contributed by atoms with Crippen molar-refractivity contribution in [1.82, 2.24) is 4.98 Å². The Morgan fingerprint density at radius 2 is 1.87 bits per heavy atom. The molecule has 0 aliphatic rings. The predicted molar refractivity (Wildman–Crippen MR) is 124 cm³/mol. The van der Waals surface area contributed by atoms with Crippen molar-refractivity contribution in [3.63, 3.8) is 0 Å². The Labute approximate surface area is 183 Å². The number of carbonyl (C=O) groups is 2. The maximum atomic E-state index is 12.3. The molecular formula is C24H21N3O3S. The van der Waals surface area contributed by atoms with Crippen molar-refractivity contribution < 1.29 is 14.0 Å². The van der Waals surface area contributed by atoms with E-state index >= 15 is 0 Å². The van der Waals surface area contributed by atoms with E-state index in [4.69, 9.17) is 4.42 Å². The van der Waals surface area contributed by atoms with Gasteiger partial charge in [0.15, 0.2) is 10.9 Å². The molecule has 2 aromatic heterocycles. The molecule has 0 saturated carbocycles. The Kier molecular flexibility index (Phi) is 5.95. The first kappa shape index (κ1) is 20.6. The average molecular weight is 432 g/mol. The number of carbonyl (C=O) groups excluding carboxylic acids is 2. The molecule has 0 spiro atoms. The first-order chi connectivity index (χ1) is 15.0. The number of hydrogen-bond donors (Lipinski definition) is 2. The summed E-state index contributed by atoms with van der Waals surface area (Å²) in [4.78, 5) is 28.8. The molecule has 0 saturated heterocycles. The molecule has 0 fully saturated rings. The average Bonchev–Trinajstić information content (AvgIpc) is 3.42. The van der Waals surface area contributed by atoms with Crippen LogP contribution in [0.2, 0.25) is 0 Å². The number of rotatable bonds is 6. The lowest BCUT2D eigenvalue weighted by Crippen LogP contribution is -2.10. The summed E-state index contributed by atoms with van der Waals surface area (Å²) in [6.07, 6.45) is 4.74. The molecule has 2 amide bonds. The standard InChI is InChI=1S/C24H21N3O3S/c1-15(2)17-8-5-16(6-9-17)7-12-22(28)25-18-10-11-19-21(14-18)31-24(26-19)27-23(29)20-4-3-13-30-20/h3-15H,1-2H3,(H,25,28)(H,26,27,29)/b12-7+. The van der Waals surface area contributed by atoms with Gasteiger partial charge in [0.2, 0.25) is 5.91 Å². The van der Waals surface area contributed by atoms with E-state index in [1.165, 1.54) is 29.2 Å². The third-order valence-electron chi connectivity index (χ3n) is 4.65. The summed E-state index contributed by atoms with van der Waals surface area (Å²) in [6, 6.07) is 16.8. The van der Waals surface area contributed by atoms with Crippen LogP contribution in [-0.2, 0) is 4.79 Å². The third-order valence-corrected chi connectivity index (χ3v) is 5.59. The zero-order chi connectivity index (χ0) is 21.8. The maximum Gasteiger partial charge on any atom is 0.293 e. The summed E-state index contributed by atoms with van der Waals surface area (Å²) in [5.74, 6) is 0.118. The monoisotopic (exact) mass is 431 g/mol. The molecule has 2 N–H and O–H groups in total. The van der Waals surface area contributed by atoms with Crippen LogP contribution in [0.4, 0.5) is 10.8 Å². The molecule has 4 aromatic rings. The molecule has 4 rings (SSSR count). The van der Waals surface area contributed by atoms with Crippen molar-refractivity contribution in [2.75, 3.05) is 10.6 Å². The highest BCUT2D eigenvalue weighted by molar-refractivity contribution is 7.22. The zero-order valence-corrected chi connectivity index (χ0v) is 17.9. The van der Waals surface area contributed by atoms with E-state index in [-0.39, 0.29) is 17.6 Å². The fraction of sp³-hybridized carbons (Fsp3) is 0.125. The number of hydrogen-bond acceptors (Lipinski definition) is 5. The lowest BCUT2D eigenvalue weighted by Gasteiger charge is -2.05. The van der Waals surface area contributed by atoms with Gasteiger partial charge in [-0.15, -0.1) is 0 Å². The molecule has 2 aromatic carbocycles. The second kappa shape index (κ2) is 8.97. The summed E-state index contributed by atoms with van der Waals surface area (Å²) < 4.78 is 5.93. The van der Waals surface area contributed by atoms with Crippen molar-refractivity contribution in [3.05, 3.63) is 83.8 Å². The molecule has 6 nitrogen and oxygen atoms in total. The van der Waals surface area contributed by atoms with Gasteiger partial charge in [-0.25, -0.2) is 4.98 Å². The third kappa shape index (κ3) is 5.07. The van der Waals surface area contributed by atoms with Gasteiger partial charge in [-0.3, -0.25) is 14.9 Å². The summed E-state index contributed by atoms with van der Waals surface area (Å²) in [5.41, 5.74) is 3.62. The number of nitrogens with zero attached hydrogens (tertiary/aromatic N) is 1. The Morgan fingerprint density at radius 1 is 1.06 bits per heavy atom. The van der Waals surface area contributed by atoms with Gasteiger partial charge in [0.25, 0.3) is 5.91 Å². The van der Waals surface area contributed by atoms with Gasteiger partial charge >= 0.3 is 0 Å². The normalized spacial score (nSPS) is 11.3. The highest BCUT2D eigenvalue weighted by Gasteiger charge is 2.12. The molecule has 31 heavy (non-hydrogen) atoms. The van der Waals surface area contributed by atoms with E-state index in [1.807, 2.05) is 18.2 Å². The van der Waals surface area contributed by atoms with Crippen molar-refractivity contribution in [2.24, 2.45) is 0 Å². The van der Waals surface area contributed by atoms with Crippen LogP contribution in [0.15, 0.2) is 71.4 Å². The molecule has 156 valence electrons. The van der Waals surface area contributed by atoms with Crippen LogP contribution in [-0.4, -0.2) is 16.8 Å². The van der Waals surface area contributed by atoms with E-state index in [9.17, 15) is 9.59 Å². The number of aromatic nitrogens is 1. The number of thiazole rings is 1. The van der Waals surface area contributed by atoms with Crippen molar-refractivity contribution in [3.8, 4) is 0 Å². The fourth-order valence-electron chi connectivity index (χ4n) is 2.97. The minimum atomic E-state index is -0.357. The predicted octanol–water partition coefficient (Wildman–Crippen LogP) is 5.92. The zero-order valence-electron chi connectivity index (χ0n) is 17.1. The van der Waals surface area contributed by atoms with Crippen LogP contribution >= 0.6 is 11.3 Å². The van der Waals surface area contributed by atoms with Gasteiger partial charge in [0.1, 0.15) is 0 Å². The highest BCUT2D eigenvalue weighted by Crippen LogP contribution is 2.28. The Hall–Kier alpha value is -3.71. The van der Waals surface area contributed by atoms with Crippen molar-refractivity contribution >= 4 is 50.3 Å². The van der Waals surface area contributed by atoms with Crippen LogP contribution in [0.5, 0.6) is 0 Å². The van der Waals surface area contributed by atoms with Crippen LogP contribution in [0.25, 0.3) is 16.3 Å². The second-order valence-electron chi connectivity index (χ2n) is 7.28. The number of anilines is 2. The smallest absolute Gasteiger partial charge is 0.293 e. The molecule has 0 aliphatic carbocycles. The first-order valence-electron chi connectivity index (χ1n) is 9.82. The van der Waals surface area contributed by atoms with Gasteiger partial charge in [-0.1, -0.05) is 49.4 Å². The molecular weight excluding hydrogens is 410 g/mol. The van der Waals surface area contributed by atoms with Crippen LogP contribution in [0, 0.1) is 0 Å². The SMILES string of the molecule is CC(C)c1ccc(/C=C/C(=O)Nc2ccc3nc(NC(=O)c4ccco4)sc3c2)cc1. The number of amides is 2. The van der Waals surface area contributed by atoms with E-state index in [2.05, 4.69) is 41.6 Å². The van der Waals surface area contributed by atoms with Crippen LogP contribution in [0.1, 0.15) is 41.4 Å². The van der Waals surface area contributed by atoms with Gasteiger partial charge in [-0.2, -0.15) is 0 Å². The second-order valence-corrected chi connectivity index (χ2v) is 8.31. The van der Waals surface area contributed by atoms with Gasteiger partial charge in [0, 0.05) is 11.8 Å². The molecule has 0 unspecified atom stereocenters. The van der Waals surface area contributed by atoms with E-state index < -0.39 is 0 Å². The molecule has 0 bridgehead atoms. The molecule has 0 atom stereocenters. The summed E-state index contributed by atoms with van der Waals surface area (Å²) >= 11 is 1.32. The molecule has 2 heterocycles. The summed E-state index contributed by atoms with van der Waals surface area (Å²) in [6.45, 7) is 4.29. The minimum absolute atomic E-state index is 0.219. The molecule has 0 radical (unpaired) electrons. The van der Waals surface area contributed by atoms with Gasteiger partial charge in [0.05, 0.1) is 16.5 Å². The molecule has 7 heteroatoms. The van der Waals surface area contributed by atoms with E-state index in [1.54, 1.807) is 30.3 Å². The number of benzene rings is 2. The summed E-state index contributed by atoms with van der Waals surface area (Å²) in [7, 11) is 0. The highest BCUT2D eigenvalue weighted by atomic mass is 32.1. The Morgan fingerprint density at radius 3 is 2.58 bits per heavy atom. The van der Waals surface area contributed by atoms with Crippen molar-refractivity contribution in [2.45, 2.75) is 19.8 Å². The van der Waals surface area contributed by atoms with E-state index in [0.717, 1.165) is 15.8 Å². The first-order valence-corrected chi connectivity index (χ1v) is 10.6. The van der Waals surface area contributed by atoms with Crippen molar-refractivity contribution in [1.29, 1.82) is 0 Å². The Balaban J connectivity index is 1.41. The van der Waals surface area contributed by atoms with E-state index in [0.29, 0.717) is 16.7 Å². The minimum Gasteiger partial charge on any atom is -0.459 e. The fourth-order valence-corrected chi connectivity index (χ4v) is 3.87. The lowest BCUT2D eigenvalue weighted by atomic mass is 10.0. The topological polar surface area (TPSA) is 84.2 Å². The number of nitrogens with one attached hydrogen (secondary N) is 2. The summed E-state index contributed by atoms with van der Waals surface area (Å²) in [5, 5.41) is 6.04. The Bertz CT molecular complexity index is 1240. The number of fused-ring (bicyclic) bond motifs is 1.